The monoisotopic (exact) mass is 564 g/mol. The summed E-state index contributed by atoms with van der Waals surface area (Å²) in [4.78, 5) is 26.9. The van der Waals surface area contributed by atoms with E-state index in [4.69, 9.17) is 17.0 Å². The lowest BCUT2D eigenvalue weighted by Gasteiger charge is -2.28. The maximum absolute atomic E-state index is 13.1. The van der Waals surface area contributed by atoms with E-state index in [9.17, 15) is 9.59 Å². The van der Waals surface area contributed by atoms with E-state index in [0.29, 0.717) is 23.6 Å². The number of rotatable bonds is 8. The Bertz CT molecular complexity index is 1000. The van der Waals surface area contributed by atoms with Gasteiger partial charge in [0, 0.05) is 0 Å². The number of halogens is 2. The minimum absolute atomic E-state index is 0.00415. The van der Waals surface area contributed by atoms with Crippen molar-refractivity contribution in [2.24, 2.45) is 0 Å². The average Bonchev–Trinajstić information content (AvgIpc) is 2.73. The summed E-state index contributed by atoms with van der Waals surface area (Å²) in [5.74, 6) is -0.292. The van der Waals surface area contributed by atoms with Gasteiger partial charge >= 0.3 is 0 Å². The molecule has 0 radical (unpaired) electrons. The Balaban J connectivity index is 1.83. The Morgan fingerprint density at radius 1 is 1.06 bits per heavy atom. The third-order valence-corrected chi connectivity index (χ3v) is 6.15. The fraction of sp³-hybridized carbons (Fsp3) is 0.261. The molecule has 2 aromatic carbocycles. The summed E-state index contributed by atoms with van der Waals surface area (Å²) < 4.78 is 7.38. The highest BCUT2D eigenvalue weighted by Crippen LogP contribution is 2.36. The lowest BCUT2D eigenvalue weighted by molar-refractivity contribution is -0.122. The lowest BCUT2D eigenvalue weighted by Crippen LogP contribution is -2.54. The normalized spacial score (nSPS) is 15.4. The maximum Gasteiger partial charge on any atom is 0.270 e. The number of hydrogen-bond acceptors (Lipinski definition) is 4. The molecule has 1 saturated heterocycles. The van der Waals surface area contributed by atoms with E-state index >= 15 is 0 Å². The molecule has 1 aliphatic rings. The maximum atomic E-state index is 13.1. The first-order chi connectivity index (χ1) is 14.9. The van der Waals surface area contributed by atoms with E-state index in [1.165, 1.54) is 17.7 Å². The molecule has 0 unspecified atom stereocenters. The molecule has 8 heteroatoms. The number of anilines is 1. The number of carbonyl (C=O) groups is 2. The fourth-order valence-electron chi connectivity index (χ4n) is 3.14. The van der Waals surface area contributed by atoms with Gasteiger partial charge < -0.3 is 4.74 Å². The van der Waals surface area contributed by atoms with Crippen molar-refractivity contribution in [3.05, 3.63) is 62.5 Å². The Morgan fingerprint density at radius 2 is 1.74 bits per heavy atom. The van der Waals surface area contributed by atoms with Crippen LogP contribution in [0, 0.1) is 0 Å². The number of para-hydroxylation sites is 1. The van der Waals surface area contributed by atoms with Crippen LogP contribution in [0.4, 0.5) is 5.69 Å². The van der Waals surface area contributed by atoms with E-state index in [-0.39, 0.29) is 10.7 Å². The van der Waals surface area contributed by atoms with Gasteiger partial charge in [-0.1, -0.05) is 44.4 Å². The first kappa shape index (κ1) is 23.6. The summed E-state index contributed by atoms with van der Waals surface area (Å²) in [6.07, 6.45) is 6.04. The minimum Gasteiger partial charge on any atom is -0.491 e. The summed E-state index contributed by atoms with van der Waals surface area (Å²) in [5, 5.41) is 2.66. The number of hydrogen-bond donors (Lipinski definition) is 1. The molecule has 31 heavy (non-hydrogen) atoms. The first-order valence-electron chi connectivity index (χ1n) is 10.0. The summed E-state index contributed by atoms with van der Waals surface area (Å²) in [6, 6.07) is 12.6. The zero-order valence-electron chi connectivity index (χ0n) is 17.0. The predicted octanol–water partition coefficient (Wildman–Crippen LogP) is 6.00. The van der Waals surface area contributed by atoms with Crippen molar-refractivity contribution in [2.75, 3.05) is 11.5 Å². The molecule has 1 aliphatic heterocycles. The first-order valence-corrected chi connectivity index (χ1v) is 12.0. The molecule has 0 aromatic heterocycles. The molecule has 0 spiro atoms. The molecule has 1 fully saturated rings. The van der Waals surface area contributed by atoms with Gasteiger partial charge in [0.25, 0.3) is 11.8 Å². The zero-order valence-corrected chi connectivity index (χ0v) is 21.0. The summed E-state index contributed by atoms with van der Waals surface area (Å²) in [6.45, 7) is 2.80. The lowest BCUT2D eigenvalue weighted by atomic mass is 10.1. The second-order valence-electron chi connectivity index (χ2n) is 7.02. The van der Waals surface area contributed by atoms with Crippen LogP contribution in [0.15, 0.2) is 57.0 Å². The van der Waals surface area contributed by atoms with Crippen molar-refractivity contribution < 1.29 is 14.3 Å². The number of nitrogens with zero attached hydrogens (tertiary/aromatic N) is 1. The van der Waals surface area contributed by atoms with Crippen LogP contribution in [0.2, 0.25) is 0 Å². The van der Waals surface area contributed by atoms with Gasteiger partial charge in [-0.05, 0) is 86.4 Å². The number of carbonyl (C=O) groups excluding carboxylic acids is 2. The van der Waals surface area contributed by atoms with Crippen LogP contribution in [-0.2, 0) is 9.59 Å². The number of unbranched alkanes of at least 4 members (excludes halogenated alkanes) is 3. The molecular weight excluding hydrogens is 544 g/mol. The van der Waals surface area contributed by atoms with Gasteiger partial charge in [-0.2, -0.15) is 0 Å². The van der Waals surface area contributed by atoms with Gasteiger partial charge in [0.15, 0.2) is 5.11 Å². The second-order valence-corrected chi connectivity index (χ2v) is 9.11. The zero-order chi connectivity index (χ0) is 22.4. The van der Waals surface area contributed by atoms with Crippen LogP contribution in [-0.4, -0.2) is 23.5 Å². The highest BCUT2D eigenvalue weighted by Gasteiger charge is 2.34. The third-order valence-electron chi connectivity index (χ3n) is 4.69. The topological polar surface area (TPSA) is 58.6 Å². The Kier molecular flexibility index (Phi) is 8.40. The number of thiocarbonyl (C=S) groups is 1. The predicted molar refractivity (Wildman–Crippen MR) is 134 cm³/mol. The van der Waals surface area contributed by atoms with Gasteiger partial charge in [-0.3, -0.25) is 19.8 Å². The van der Waals surface area contributed by atoms with E-state index < -0.39 is 11.8 Å². The van der Waals surface area contributed by atoms with Crippen LogP contribution >= 0.6 is 44.1 Å². The molecule has 5 nitrogen and oxygen atoms in total. The van der Waals surface area contributed by atoms with Crippen molar-refractivity contribution in [3.63, 3.8) is 0 Å². The molecule has 1 heterocycles. The van der Waals surface area contributed by atoms with Crippen LogP contribution in [0.25, 0.3) is 6.08 Å². The van der Waals surface area contributed by atoms with E-state index in [2.05, 4.69) is 44.1 Å². The van der Waals surface area contributed by atoms with Crippen LogP contribution in [0.5, 0.6) is 5.75 Å². The molecular formula is C23H22Br2N2O3S. The van der Waals surface area contributed by atoms with E-state index in [1.807, 2.05) is 18.2 Å². The summed E-state index contributed by atoms with van der Waals surface area (Å²) in [5.41, 5.74) is 1.28. The van der Waals surface area contributed by atoms with Crippen LogP contribution in [0.3, 0.4) is 0 Å². The molecule has 2 aromatic rings. The Morgan fingerprint density at radius 3 is 2.39 bits per heavy atom. The number of amides is 2. The Labute approximate surface area is 204 Å². The van der Waals surface area contributed by atoms with E-state index in [1.54, 1.807) is 30.3 Å². The van der Waals surface area contributed by atoms with Gasteiger partial charge in [0.2, 0.25) is 0 Å². The average molecular weight is 566 g/mol. The van der Waals surface area contributed by atoms with Gasteiger partial charge in [0.1, 0.15) is 11.3 Å². The van der Waals surface area contributed by atoms with Crippen molar-refractivity contribution in [1.29, 1.82) is 0 Å². The molecule has 162 valence electrons. The molecule has 0 aliphatic carbocycles. The molecule has 1 N–H and O–H groups in total. The van der Waals surface area contributed by atoms with Gasteiger partial charge in [-0.25, -0.2) is 0 Å². The second kappa shape index (κ2) is 11.0. The van der Waals surface area contributed by atoms with E-state index in [0.717, 1.165) is 21.8 Å². The van der Waals surface area contributed by atoms with Crippen molar-refractivity contribution in [3.8, 4) is 5.75 Å². The number of ether oxygens (including phenoxy) is 1. The van der Waals surface area contributed by atoms with Crippen molar-refractivity contribution in [2.45, 2.75) is 32.6 Å². The summed E-state index contributed by atoms with van der Waals surface area (Å²) in [7, 11) is 0. The smallest absolute Gasteiger partial charge is 0.270 e. The minimum atomic E-state index is -0.523. The SMILES string of the molecule is CCCCCCOc1c(Br)cc(/C=C2/C(=O)NC(=S)N(c3ccccc3)C2=O)cc1Br. The standard InChI is InChI=1S/C23H22Br2N2O3S/c1-2-3-4-8-11-30-20-18(24)13-15(14-19(20)25)12-17-21(28)26-23(31)27(22(17)29)16-9-6-5-7-10-16/h5-7,9-10,12-14H,2-4,8,11H2,1H3,(H,26,28,31)/b17-12-. The summed E-state index contributed by atoms with van der Waals surface area (Å²) >= 11 is 12.3. The molecule has 2 amide bonds. The fourth-order valence-corrected chi connectivity index (χ4v) is 4.87. The highest BCUT2D eigenvalue weighted by molar-refractivity contribution is 9.11. The van der Waals surface area contributed by atoms with Crippen molar-refractivity contribution >= 4 is 72.8 Å². The highest BCUT2D eigenvalue weighted by atomic mass is 79.9. The van der Waals surface area contributed by atoms with Crippen LogP contribution < -0.4 is 15.0 Å². The van der Waals surface area contributed by atoms with Gasteiger partial charge in [0.05, 0.1) is 21.2 Å². The quantitative estimate of drug-likeness (QED) is 0.184. The largest absolute Gasteiger partial charge is 0.491 e. The van der Waals surface area contributed by atoms with Crippen LogP contribution in [0.1, 0.15) is 38.2 Å². The molecule has 0 atom stereocenters. The molecule has 0 bridgehead atoms. The Hall–Kier alpha value is -2.03. The number of nitrogens with one attached hydrogen (secondary N) is 1. The van der Waals surface area contributed by atoms with Gasteiger partial charge in [-0.15, -0.1) is 0 Å². The third kappa shape index (κ3) is 5.81. The molecule has 3 rings (SSSR count). The number of benzene rings is 2. The van der Waals surface area contributed by atoms with Crippen molar-refractivity contribution in [1.82, 2.24) is 5.32 Å². The molecule has 0 saturated carbocycles.